The van der Waals surface area contributed by atoms with Crippen molar-refractivity contribution in [3.63, 3.8) is 0 Å². The van der Waals surface area contributed by atoms with E-state index in [2.05, 4.69) is 0 Å². The predicted octanol–water partition coefficient (Wildman–Crippen LogP) is 1.40. The minimum atomic E-state index is -0.948. The average Bonchev–Trinajstić information content (AvgIpc) is 3.12. The van der Waals surface area contributed by atoms with Crippen molar-refractivity contribution < 1.29 is 19.8 Å². The summed E-state index contributed by atoms with van der Waals surface area (Å²) < 4.78 is 0. The van der Waals surface area contributed by atoms with Crippen LogP contribution in [-0.4, -0.2) is 34.2 Å². The standard InChI is InChI=1S/2C7H9NO2S/c8-6(7(9)10)3-5-1-2-11-4-5;8-6(7(9)10)4-5-2-1-3-11-5/h1-2,4,6H,3,8H2,(H,9,10);1-3,6H,4,8H2,(H,9,10)/t2*6-/m00/s1. The molecule has 0 aliphatic carbocycles. The van der Waals surface area contributed by atoms with Crippen LogP contribution in [0, 0.1) is 0 Å². The van der Waals surface area contributed by atoms with Crippen LogP contribution in [0.5, 0.6) is 0 Å². The molecular formula is C14H18N2O4S2. The first-order valence-electron chi connectivity index (χ1n) is 6.40. The number of nitrogens with two attached hydrogens (primary N) is 2. The molecule has 0 aromatic carbocycles. The summed E-state index contributed by atoms with van der Waals surface area (Å²) in [4.78, 5) is 21.6. The van der Waals surface area contributed by atoms with Gasteiger partial charge < -0.3 is 21.7 Å². The first-order chi connectivity index (χ1) is 10.4. The van der Waals surface area contributed by atoms with Gasteiger partial charge in [0.05, 0.1) is 0 Å². The normalized spacial score (nSPS) is 12.8. The van der Waals surface area contributed by atoms with Crippen LogP contribution in [0.4, 0.5) is 0 Å². The first-order valence-corrected chi connectivity index (χ1v) is 8.22. The minimum Gasteiger partial charge on any atom is -0.480 e. The molecule has 2 rings (SSSR count). The molecule has 8 heteroatoms. The van der Waals surface area contributed by atoms with E-state index in [0.29, 0.717) is 12.8 Å². The Labute approximate surface area is 136 Å². The number of rotatable bonds is 6. The molecule has 22 heavy (non-hydrogen) atoms. The van der Waals surface area contributed by atoms with Crippen LogP contribution in [-0.2, 0) is 22.4 Å². The van der Waals surface area contributed by atoms with Gasteiger partial charge in [-0.2, -0.15) is 11.3 Å². The highest BCUT2D eigenvalue weighted by Gasteiger charge is 2.12. The smallest absolute Gasteiger partial charge is 0.320 e. The Morgan fingerprint density at radius 2 is 1.68 bits per heavy atom. The Bertz CT molecular complexity index is 517. The van der Waals surface area contributed by atoms with Crippen molar-refractivity contribution in [2.75, 3.05) is 0 Å². The molecule has 6 nitrogen and oxygen atoms in total. The molecule has 120 valence electrons. The van der Waals surface area contributed by atoms with Gasteiger partial charge in [-0.05, 0) is 40.3 Å². The van der Waals surface area contributed by atoms with E-state index in [-0.39, 0.29) is 0 Å². The topological polar surface area (TPSA) is 127 Å². The number of aliphatic carboxylic acids is 2. The summed E-state index contributed by atoms with van der Waals surface area (Å²) >= 11 is 3.07. The van der Waals surface area contributed by atoms with Crippen molar-refractivity contribution in [3.05, 3.63) is 44.8 Å². The summed E-state index contributed by atoms with van der Waals surface area (Å²) in [7, 11) is 0. The fraction of sp³-hybridized carbons (Fsp3) is 0.286. The SMILES string of the molecule is N[C@@H](Cc1cccs1)C(=O)O.N[C@@H](Cc1ccsc1)C(=O)O. The van der Waals surface area contributed by atoms with Gasteiger partial charge >= 0.3 is 11.9 Å². The fourth-order valence-corrected chi connectivity index (χ4v) is 2.93. The largest absolute Gasteiger partial charge is 0.480 e. The Hall–Kier alpha value is -1.74. The molecule has 0 fully saturated rings. The van der Waals surface area contributed by atoms with Crippen molar-refractivity contribution in [2.45, 2.75) is 24.9 Å². The second-order valence-corrected chi connectivity index (χ2v) is 6.32. The summed E-state index contributed by atoms with van der Waals surface area (Å²) in [5, 5.41) is 22.6. The lowest BCUT2D eigenvalue weighted by molar-refractivity contribution is -0.139. The zero-order chi connectivity index (χ0) is 16.5. The molecule has 2 aromatic rings. The highest BCUT2D eigenvalue weighted by molar-refractivity contribution is 7.09. The molecule has 0 saturated heterocycles. The molecule has 0 spiro atoms. The second kappa shape index (κ2) is 9.31. The van der Waals surface area contributed by atoms with E-state index in [1.807, 2.05) is 34.3 Å². The summed E-state index contributed by atoms with van der Waals surface area (Å²) in [6.07, 6.45) is 0.839. The number of carboxylic acid groups (broad SMARTS) is 2. The third-order valence-corrected chi connectivity index (χ3v) is 4.30. The third kappa shape index (κ3) is 6.81. The maximum Gasteiger partial charge on any atom is 0.320 e. The number of carboxylic acids is 2. The fourth-order valence-electron chi connectivity index (χ4n) is 1.48. The second-order valence-electron chi connectivity index (χ2n) is 4.51. The van der Waals surface area contributed by atoms with Gasteiger partial charge in [0, 0.05) is 11.3 Å². The van der Waals surface area contributed by atoms with E-state index in [4.69, 9.17) is 21.7 Å². The van der Waals surface area contributed by atoms with E-state index in [1.165, 1.54) is 11.3 Å². The van der Waals surface area contributed by atoms with Gasteiger partial charge in [0.2, 0.25) is 0 Å². The van der Waals surface area contributed by atoms with Crippen molar-refractivity contribution in [1.82, 2.24) is 0 Å². The zero-order valence-electron chi connectivity index (χ0n) is 11.7. The molecule has 2 aromatic heterocycles. The molecule has 0 saturated carbocycles. The van der Waals surface area contributed by atoms with Crippen molar-refractivity contribution in [1.29, 1.82) is 0 Å². The number of carbonyl (C=O) groups is 2. The Morgan fingerprint density at radius 1 is 1.05 bits per heavy atom. The summed E-state index contributed by atoms with van der Waals surface area (Å²) in [5.41, 5.74) is 11.6. The third-order valence-electron chi connectivity index (χ3n) is 2.67. The monoisotopic (exact) mass is 342 g/mol. The van der Waals surface area contributed by atoms with E-state index in [9.17, 15) is 9.59 Å². The number of thiophene rings is 2. The number of hydrogen-bond donors (Lipinski definition) is 4. The Balaban J connectivity index is 0.000000220. The maximum atomic E-state index is 10.3. The lowest BCUT2D eigenvalue weighted by Gasteiger charge is -2.02. The summed E-state index contributed by atoms with van der Waals surface area (Å²) in [6.45, 7) is 0. The average molecular weight is 342 g/mol. The highest BCUT2D eigenvalue weighted by atomic mass is 32.1. The molecule has 0 amide bonds. The predicted molar refractivity (Wildman–Crippen MR) is 87.3 cm³/mol. The van der Waals surface area contributed by atoms with E-state index < -0.39 is 24.0 Å². The number of hydrogen-bond acceptors (Lipinski definition) is 6. The zero-order valence-corrected chi connectivity index (χ0v) is 13.3. The van der Waals surface area contributed by atoms with E-state index in [0.717, 1.165) is 10.4 Å². The Kier molecular flexibility index (Phi) is 7.75. The highest BCUT2D eigenvalue weighted by Crippen LogP contribution is 2.10. The summed E-state index contributed by atoms with van der Waals surface area (Å²) in [6, 6.07) is 4.11. The van der Waals surface area contributed by atoms with Gasteiger partial charge in [-0.1, -0.05) is 6.07 Å². The molecular weight excluding hydrogens is 324 g/mol. The van der Waals surface area contributed by atoms with E-state index in [1.54, 1.807) is 11.3 Å². The van der Waals surface area contributed by atoms with Crippen LogP contribution < -0.4 is 11.5 Å². The van der Waals surface area contributed by atoms with E-state index >= 15 is 0 Å². The van der Waals surface area contributed by atoms with Gasteiger partial charge in [-0.15, -0.1) is 11.3 Å². The van der Waals surface area contributed by atoms with Gasteiger partial charge in [-0.25, -0.2) is 0 Å². The molecule has 2 heterocycles. The van der Waals surface area contributed by atoms with Crippen molar-refractivity contribution in [2.24, 2.45) is 11.5 Å². The van der Waals surface area contributed by atoms with Gasteiger partial charge in [0.1, 0.15) is 12.1 Å². The lowest BCUT2D eigenvalue weighted by Crippen LogP contribution is -2.31. The summed E-state index contributed by atoms with van der Waals surface area (Å²) in [5.74, 6) is -1.89. The molecule has 0 bridgehead atoms. The molecule has 0 aliphatic heterocycles. The van der Waals surface area contributed by atoms with Gasteiger partial charge in [0.25, 0.3) is 0 Å². The van der Waals surface area contributed by atoms with Gasteiger partial charge in [0.15, 0.2) is 0 Å². The maximum absolute atomic E-state index is 10.3. The van der Waals surface area contributed by atoms with Crippen LogP contribution in [0.2, 0.25) is 0 Å². The van der Waals surface area contributed by atoms with Crippen molar-refractivity contribution in [3.8, 4) is 0 Å². The van der Waals surface area contributed by atoms with Crippen LogP contribution in [0.15, 0.2) is 34.3 Å². The minimum absolute atomic E-state index is 0.416. The lowest BCUT2D eigenvalue weighted by atomic mass is 10.1. The molecule has 0 radical (unpaired) electrons. The molecule has 2 atom stereocenters. The molecule has 0 unspecified atom stereocenters. The van der Waals surface area contributed by atoms with Crippen molar-refractivity contribution >= 4 is 34.6 Å². The first kappa shape index (κ1) is 18.3. The quantitative estimate of drug-likeness (QED) is 0.628. The molecule has 0 aliphatic rings. The van der Waals surface area contributed by atoms with Crippen LogP contribution in [0.25, 0.3) is 0 Å². The van der Waals surface area contributed by atoms with Crippen LogP contribution >= 0.6 is 22.7 Å². The Morgan fingerprint density at radius 3 is 2.14 bits per heavy atom. The van der Waals surface area contributed by atoms with Crippen LogP contribution in [0.1, 0.15) is 10.4 Å². The van der Waals surface area contributed by atoms with Crippen LogP contribution in [0.3, 0.4) is 0 Å². The molecule has 6 N–H and O–H groups in total. The van der Waals surface area contributed by atoms with Gasteiger partial charge in [-0.3, -0.25) is 9.59 Å².